The highest BCUT2D eigenvalue weighted by atomic mass is 16.5. The number of rotatable bonds is 7. The van der Waals surface area contributed by atoms with Crippen molar-refractivity contribution in [1.82, 2.24) is 4.98 Å². The van der Waals surface area contributed by atoms with Crippen LogP contribution >= 0.6 is 0 Å². The minimum Gasteiger partial charge on any atom is -0.438 e. The first-order valence-electron chi connectivity index (χ1n) is 9.02. The summed E-state index contributed by atoms with van der Waals surface area (Å²) in [6.45, 7) is 12.5. The molecule has 4 heteroatoms. The predicted molar refractivity (Wildman–Crippen MR) is 104 cm³/mol. The summed E-state index contributed by atoms with van der Waals surface area (Å²) in [5.41, 5.74) is 6.16. The second kappa shape index (κ2) is 8.34. The number of aliphatic hydroxyl groups excluding tert-OH is 1. The number of pyridine rings is 1. The van der Waals surface area contributed by atoms with Crippen LogP contribution < -0.4 is 10.1 Å². The average Bonchev–Trinajstić information content (AvgIpc) is 2.59. The van der Waals surface area contributed by atoms with Crippen LogP contribution in [-0.2, 0) is 6.61 Å². The minimum atomic E-state index is 0.0350. The molecule has 2 rings (SSSR count). The van der Waals surface area contributed by atoms with Crippen molar-refractivity contribution in [2.75, 3.05) is 5.32 Å². The summed E-state index contributed by atoms with van der Waals surface area (Å²) in [4.78, 5) is 4.51. The fraction of sp³-hybridized carbons (Fsp3) is 0.476. The topological polar surface area (TPSA) is 54.4 Å². The van der Waals surface area contributed by atoms with Crippen molar-refractivity contribution in [3.63, 3.8) is 0 Å². The van der Waals surface area contributed by atoms with Gasteiger partial charge in [0, 0.05) is 23.5 Å². The maximum atomic E-state index is 9.35. The molecule has 0 saturated heterocycles. The molecule has 0 saturated carbocycles. The maximum Gasteiger partial charge on any atom is 0.224 e. The molecule has 0 aliphatic heterocycles. The highest BCUT2D eigenvalue weighted by molar-refractivity contribution is 5.60. The SMILES string of the molecule is CCC(CC)Nc1c(C)cnc(Oc2c(C)cc(CO)cc2C)c1C. The number of aryl methyl sites for hydroxylation is 3. The predicted octanol–water partition coefficient (Wildman–Crippen LogP) is 5.20. The molecule has 1 heterocycles. The standard InChI is InChI=1S/C21H30N2O2/c1-7-18(8-2)23-19-15(5)11-22-21(16(19)6)25-20-13(3)9-17(12-24)10-14(20)4/h9-11,18,24H,7-8,12H2,1-6H3,(H,22,23). The van der Waals surface area contributed by atoms with Crippen molar-refractivity contribution in [2.24, 2.45) is 0 Å². The summed E-state index contributed by atoms with van der Waals surface area (Å²) in [5.74, 6) is 1.44. The van der Waals surface area contributed by atoms with Crippen LogP contribution in [0, 0.1) is 27.7 Å². The van der Waals surface area contributed by atoms with Gasteiger partial charge in [-0.1, -0.05) is 26.0 Å². The molecule has 0 amide bonds. The third-order valence-electron chi connectivity index (χ3n) is 4.70. The third kappa shape index (κ3) is 4.31. The Morgan fingerprint density at radius 1 is 1.04 bits per heavy atom. The molecular formula is C21H30N2O2. The molecule has 0 radical (unpaired) electrons. The lowest BCUT2D eigenvalue weighted by molar-refractivity contribution is 0.281. The molecule has 4 nitrogen and oxygen atoms in total. The Labute approximate surface area is 151 Å². The van der Waals surface area contributed by atoms with E-state index in [1.165, 1.54) is 0 Å². The van der Waals surface area contributed by atoms with Crippen molar-refractivity contribution in [3.05, 3.63) is 46.1 Å². The molecule has 0 aliphatic rings. The monoisotopic (exact) mass is 342 g/mol. The van der Waals surface area contributed by atoms with E-state index in [1.54, 1.807) is 0 Å². The zero-order valence-corrected chi connectivity index (χ0v) is 16.2. The van der Waals surface area contributed by atoms with Crippen LogP contribution in [0.25, 0.3) is 0 Å². The minimum absolute atomic E-state index is 0.0350. The quantitative estimate of drug-likeness (QED) is 0.726. The van der Waals surface area contributed by atoms with E-state index >= 15 is 0 Å². The van der Waals surface area contributed by atoms with Gasteiger partial charge >= 0.3 is 0 Å². The molecule has 0 fully saturated rings. The molecule has 25 heavy (non-hydrogen) atoms. The molecule has 0 spiro atoms. The van der Waals surface area contributed by atoms with Crippen LogP contribution in [-0.4, -0.2) is 16.1 Å². The third-order valence-corrected chi connectivity index (χ3v) is 4.70. The lowest BCUT2D eigenvalue weighted by Gasteiger charge is -2.22. The Morgan fingerprint density at radius 2 is 1.64 bits per heavy atom. The van der Waals surface area contributed by atoms with Crippen molar-refractivity contribution in [1.29, 1.82) is 0 Å². The van der Waals surface area contributed by atoms with E-state index < -0.39 is 0 Å². The zero-order chi connectivity index (χ0) is 18.6. The number of nitrogens with zero attached hydrogens (tertiary/aromatic N) is 1. The van der Waals surface area contributed by atoms with E-state index in [4.69, 9.17) is 4.74 Å². The second-order valence-corrected chi connectivity index (χ2v) is 6.72. The number of ether oxygens (including phenoxy) is 1. The summed E-state index contributed by atoms with van der Waals surface area (Å²) in [7, 11) is 0. The van der Waals surface area contributed by atoms with E-state index in [9.17, 15) is 5.11 Å². The first-order valence-corrected chi connectivity index (χ1v) is 9.02. The van der Waals surface area contributed by atoms with Crippen LogP contribution in [0.5, 0.6) is 11.6 Å². The van der Waals surface area contributed by atoms with Gasteiger partial charge in [0.1, 0.15) is 5.75 Å². The molecule has 0 unspecified atom stereocenters. The summed E-state index contributed by atoms with van der Waals surface area (Å²) in [6.07, 6.45) is 4.02. The molecule has 136 valence electrons. The largest absolute Gasteiger partial charge is 0.438 e. The van der Waals surface area contributed by atoms with Crippen LogP contribution in [0.2, 0.25) is 0 Å². The number of aromatic nitrogens is 1. The van der Waals surface area contributed by atoms with Crippen molar-refractivity contribution in [2.45, 2.75) is 67.0 Å². The van der Waals surface area contributed by atoms with Gasteiger partial charge < -0.3 is 15.2 Å². The van der Waals surface area contributed by atoms with Gasteiger partial charge in [-0.3, -0.25) is 0 Å². The normalized spacial score (nSPS) is 11.0. The van der Waals surface area contributed by atoms with Gasteiger partial charge in [0.15, 0.2) is 0 Å². The lowest BCUT2D eigenvalue weighted by atomic mass is 10.1. The summed E-state index contributed by atoms with van der Waals surface area (Å²) >= 11 is 0. The molecule has 1 aromatic heterocycles. The van der Waals surface area contributed by atoms with Gasteiger partial charge in [-0.2, -0.15) is 0 Å². The fourth-order valence-corrected chi connectivity index (χ4v) is 3.13. The summed E-state index contributed by atoms with van der Waals surface area (Å²) in [6, 6.07) is 4.35. The van der Waals surface area contributed by atoms with E-state index in [2.05, 4.69) is 31.1 Å². The summed E-state index contributed by atoms with van der Waals surface area (Å²) < 4.78 is 6.18. The second-order valence-electron chi connectivity index (χ2n) is 6.72. The van der Waals surface area contributed by atoms with E-state index in [1.807, 2.05) is 39.1 Å². The Kier molecular flexibility index (Phi) is 6.43. The maximum absolute atomic E-state index is 9.35. The molecule has 0 atom stereocenters. The van der Waals surface area contributed by atoms with Gasteiger partial charge in [-0.25, -0.2) is 4.98 Å². The number of nitrogens with one attached hydrogen (secondary N) is 1. The van der Waals surface area contributed by atoms with Gasteiger partial charge in [0.2, 0.25) is 5.88 Å². The first-order chi connectivity index (χ1) is 11.9. The van der Waals surface area contributed by atoms with Crippen LogP contribution in [0.15, 0.2) is 18.3 Å². The number of aliphatic hydroxyl groups is 1. The van der Waals surface area contributed by atoms with Gasteiger partial charge in [-0.15, -0.1) is 0 Å². The molecule has 0 bridgehead atoms. The van der Waals surface area contributed by atoms with Crippen LogP contribution in [0.1, 0.15) is 54.5 Å². The Balaban J connectivity index is 2.38. The summed E-state index contributed by atoms with van der Waals surface area (Å²) in [5, 5.41) is 13.0. The van der Waals surface area contributed by atoms with Crippen LogP contribution in [0.3, 0.4) is 0 Å². The van der Waals surface area contributed by atoms with Gasteiger partial charge in [-0.05, 0) is 62.8 Å². The first kappa shape index (κ1) is 19.3. The van der Waals surface area contributed by atoms with Gasteiger partial charge in [0.25, 0.3) is 0 Å². The van der Waals surface area contributed by atoms with E-state index in [0.717, 1.165) is 52.1 Å². The molecular weight excluding hydrogens is 312 g/mol. The van der Waals surface area contributed by atoms with Crippen molar-refractivity contribution in [3.8, 4) is 11.6 Å². The van der Waals surface area contributed by atoms with E-state index in [-0.39, 0.29) is 6.61 Å². The van der Waals surface area contributed by atoms with Crippen molar-refractivity contribution >= 4 is 5.69 Å². The smallest absolute Gasteiger partial charge is 0.224 e. The Bertz CT molecular complexity index is 714. The fourth-order valence-electron chi connectivity index (χ4n) is 3.13. The molecule has 2 aromatic rings. The Hall–Kier alpha value is -2.07. The molecule has 2 N–H and O–H groups in total. The van der Waals surface area contributed by atoms with E-state index in [0.29, 0.717) is 11.9 Å². The Morgan fingerprint density at radius 3 is 2.16 bits per heavy atom. The highest BCUT2D eigenvalue weighted by Gasteiger charge is 2.15. The average molecular weight is 342 g/mol. The number of anilines is 1. The van der Waals surface area contributed by atoms with Crippen molar-refractivity contribution < 1.29 is 9.84 Å². The highest BCUT2D eigenvalue weighted by Crippen LogP contribution is 2.34. The molecule has 0 aliphatic carbocycles. The van der Waals surface area contributed by atoms with Crippen LogP contribution in [0.4, 0.5) is 5.69 Å². The zero-order valence-electron chi connectivity index (χ0n) is 16.2. The molecule has 1 aromatic carbocycles. The lowest BCUT2D eigenvalue weighted by Crippen LogP contribution is -2.18. The number of benzene rings is 1. The van der Waals surface area contributed by atoms with Gasteiger partial charge in [0.05, 0.1) is 6.61 Å². The number of hydrogen-bond donors (Lipinski definition) is 2. The number of hydrogen-bond acceptors (Lipinski definition) is 4.